The Hall–Kier alpha value is -3.59. The summed E-state index contributed by atoms with van der Waals surface area (Å²) in [7, 11) is 2.38. The fraction of sp³-hybridized carbons (Fsp3) is 0.286. The number of carbonyl (C=O) groups excluding carboxylic acids is 2. The number of carbonyl (C=O) groups is 3. The number of esters is 2. The van der Waals surface area contributed by atoms with Gasteiger partial charge in [0.15, 0.2) is 0 Å². The molecule has 0 atom stereocenters. The van der Waals surface area contributed by atoms with E-state index in [1.54, 1.807) is 24.3 Å². The van der Waals surface area contributed by atoms with Gasteiger partial charge in [-0.1, -0.05) is 6.08 Å². The maximum atomic E-state index is 12.6. The summed E-state index contributed by atoms with van der Waals surface area (Å²) >= 11 is 0. The molecule has 0 radical (unpaired) electrons. The number of hydrogen-bond donors (Lipinski definition) is 1. The van der Waals surface area contributed by atoms with E-state index in [0.29, 0.717) is 26.3 Å². The smallest absolute Gasteiger partial charge is 0.355 e. The van der Waals surface area contributed by atoms with Crippen molar-refractivity contribution in [2.24, 2.45) is 0 Å². The maximum absolute atomic E-state index is 12.6. The summed E-state index contributed by atoms with van der Waals surface area (Å²) in [5.41, 5.74) is 0.753. The Morgan fingerprint density at radius 1 is 1.03 bits per heavy atom. The minimum atomic E-state index is -1.17. The first-order chi connectivity index (χ1) is 14.5. The summed E-state index contributed by atoms with van der Waals surface area (Å²) in [5, 5.41) is 9.75. The summed E-state index contributed by atoms with van der Waals surface area (Å²) < 4.78 is 15.1. The minimum Gasteiger partial charge on any atom is -0.478 e. The number of carboxylic acid groups (broad SMARTS) is 1. The molecule has 9 nitrogen and oxygen atoms in total. The van der Waals surface area contributed by atoms with Crippen molar-refractivity contribution < 1.29 is 33.7 Å². The highest BCUT2D eigenvalue weighted by molar-refractivity contribution is 6.07. The van der Waals surface area contributed by atoms with Gasteiger partial charge in [-0.15, -0.1) is 0 Å². The third-order valence-electron chi connectivity index (χ3n) is 4.74. The summed E-state index contributed by atoms with van der Waals surface area (Å²) in [5.74, 6) is -2.73. The fourth-order valence-corrected chi connectivity index (χ4v) is 3.27. The van der Waals surface area contributed by atoms with E-state index in [0.717, 1.165) is 5.69 Å². The van der Waals surface area contributed by atoms with Crippen LogP contribution in [-0.2, 0) is 23.8 Å². The number of methoxy groups -OCH3 is 2. The van der Waals surface area contributed by atoms with Crippen molar-refractivity contribution in [2.75, 3.05) is 50.3 Å². The maximum Gasteiger partial charge on any atom is 0.355 e. The van der Waals surface area contributed by atoms with Crippen LogP contribution >= 0.6 is 0 Å². The SMILES string of the molecule is COC(=O)C1=C(C(=O)OC)N(c2cc(N3CCOCC3)ccc2C(=O)O)C=CC=C1. The zero-order valence-electron chi connectivity index (χ0n) is 16.7. The van der Waals surface area contributed by atoms with E-state index in [4.69, 9.17) is 14.2 Å². The number of rotatable bonds is 5. The average molecular weight is 414 g/mol. The number of morpholine rings is 1. The molecule has 9 heteroatoms. The van der Waals surface area contributed by atoms with Crippen molar-refractivity contribution in [1.29, 1.82) is 0 Å². The molecule has 1 N–H and O–H groups in total. The average Bonchev–Trinajstić information content (AvgIpc) is 3.01. The number of allylic oxidation sites excluding steroid dienone is 2. The van der Waals surface area contributed by atoms with Crippen LogP contribution < -0.4 is 9.80 Å². The lowest BCUT2D eigenvalue weighted by Crippen LogP contribution is -2.36. The first-order valence-electron chi connectivity index (χ1n) is 9.23. The standard InChI is InChI=1S/C21H22N2O7/c1-28-20(26)16-5-3-4-8-23(18(16)21(27)29-2)17-13-14(6-7-15(17)19(24)25)22-9-11-30-12-10-22/h3-8,13H,9-12H2,1-2H3,(H,24,25). The fourth-order valence-electron chi connectivity index (χ4n) is 3.27. The lowest BCUT2D eigenvalue weighted by molar-refractivity contribution is -0.139. The van der Waals surface area contributed by atoms with E-state index < -0.39 is 17.9 Å². The predicted molar refractivity (Wildman–Crippen MR) is 108 cm³/mol. The Bertz CT molecular complexity index is 943. The van der Waals surface area contributed by atoms with Crippen LogP contribution in [0.15, 0.2) is 53.9 Å². The molecular formula is C21H22N2O7. The van der Waals surface area contributed by atoms with Crippen LogP contribution in [0, 0.1) is 0 Å². The third kappa shape index (κ3) is 4.20. The number of anilines is 2. The van der Waals surface area contributed by atoms with Crippen LogP contribution in [0.25, 0.3) is 0 Å². The van der Waals surface area contributed by atoms with Crippen molar-refractivity contribution in [3.8, 4) is 0 Å². The molecular weight excluding hydrogens is 392 g/mol. The second-order valence-electron chi connectivity index (χ2n) is 6.42. The zero-order chi connectivity index (χ0) is 21.7. The van der Waals surface area contributed by atoms with Crippen molar-refractivity contribution in [1.82, 2.24) is 0 Å². The highest BCUT2D eigenvalue weighted by Gasteiger charge is 2.30. The van der Waals surface area contributed by atoms with Crippen LogP contribution in [0.4, 0.5) is 11.4 Å². The lowest BCUT2D eigenvalue weighted by Gasteiger charge is -2.31. The Kier molecular flexibility index (Phi) is 6.53. The molecule has 30 heavy (non-hydrogen) atoms. The minimum absolute atomic E-state index is 0.0378. The number of ether oxygens (including phenoxy) is 3. The first kappa shape index (κ1) is 21.1. The van der Waals surface area contributed by atoms with Crippen LogP contribution in [-0.4, -0.2) is 63.5 Å². The van der Waals surface area contributed by atoms with Gasteiger partial charge in [0, 0.05) is 25.0 Å². The first-order valence-corrected chi connectivity index (χ1v) is 9.23. The van der Waals surface area contributed by atoms with Crippen LogP contribution in [0.3, 0.4) is 0 Å². The Morgan fingerprint density at radius 2 is 1.73 bits per heavy atom. The van der Waals surface area contributed by atoms with Gasteiger partial charge in [0.05, 0.1) is 44.3 Å². The largest absolute Gasteiger partial charge is 0.478 e. The second-order valence-corrected chi connectivity index (χ2v) is 6.42. The van der Waals surface area contributed by atoms with E-state index in [-0.39, 0.29) is 22.5 Å². The van der Waals surface area contributed by atoms with Crippen molar-refractivity contribution in [3.05, 3.63) is 59.5 Å². The van der Waals surface area contributed by atoms with Gasteiger partial charge in [-0.2, -0.15) is 0 Å². The molecule has 0 unspecified atom stereocenters. The molecule has 0 aromatic heterocycles. The molecule has 0 bridgehead atoms. The van der Waals surface area contributed by atoms with E-state index >= 15 is 0 Å². The molecule has 1 saturated heterocycles. The Morgan fingerprint density at radius 3 is 2.37 bits per heavy atom. The van der Waals surface area contributed by atoms with Gasteiger partial charge in [-0.25, -0.2) is 14.4 Å². The predicted octanol–water partition coefficient (Wildman–Crippen LogP) is 1.71. The highest BCUT2D eigenvalue weighted by atomic mass is 16.5. The molecule has 0 aliphatic carbocycles. The molecule has 3 rings (SSSR count). The number of benzene rings is 1. The Labute approximate surface area is 173 Å². The topological polar surface area (TPSA) is 106 Å². The summed E-state index contributed by atoms with van der Waals surface area (Å²) in [4.78, 5) is 40.3. The molecule has 1 fully saturated rings. The van der Waals surface area contributed by atoms with E-state index in [1.807, 2.05) is 0 Å². The lowest BCUT2D eigenvalue weighted by atomic mass is 10.1. The summed E-state index contributed by atoms with van der Waals surface area (Å²) in [6.07, 6.45) is 6.07. The molecule has 2 aliphatic rings. The molecule has 2 heterocycles. The van der Waals surface area contributed by atoms with Gasteiger partial charge in [0.25, 0.3) is 0 Å². The van der Waals surface area contributed by atoms with Gasteiger partial charge in [0.1, 0.15) is 5.70 Å². The van der Waals surface area contributed by atoms with Crippen LogP contribution in [0.5, 0.6) is 0 Å². The monoisotopic (exact) mass is 414 g/mol. The molecule has 0 saturated carbocycles. The quantitative estimate of drug-likeness (QED) is 0.721. The van der Waals surface area contributed by atoms with Gasteiger partial charge in [0.2, 0.25) is 0 Å². The number of hydrogen-bond acceptors (Lipinski definition) is 8. The number of nitrogens with zero attached hydrogens (tertiary/aromatic N) is 2. The Balaban J connectivity index is 2.20. The molecule has 1 aromatic carbocycles. The normalized spacial score (nSPS) is 16.3. The number of aromatic carboxylic acids is 1. The van der Waals surface area contributed by atoms with Gasteiger partial charge >= 0.3 is 17.9 Å². The number of carboxylic acids is 1. The van der Waals surface area contributed by atoms with Crippen molar-refractivity contribution >= 4 is 29.3 Å². The van der Waals surface area contributed by atoms with E-state index in [2.05, 4.69) is 4.90 Å². The van der Waals surface area contributed by atoms with E-state index in [1.165, 1.54) is 37.5 Å². The molecule has 158 valence electrons. The van der Waals surface area contributed by atoms with Gasteiger partial charge in [-0.3, -0.25) is 0 Å². The molecule has 2 aliphatic heterocycles. The van der Waals surface area contributed by atoms with Crippen LogP contribution in [0.2, 0.25) is 0 Å². The van der Waals surface area contributed by atoms with Gasteiger partial charge < -0.3 is 29.1 Å². The highest BCUT2D eigenvalue weighted by Crippen LogP contribution is 2.33. The van der Waals surface area contributed by atoms with Crippen molar-refractivity contribution in [2.45, 2.75) is 0 Å². The zero-order valence-corrected chi connectivity index (χ0v) is 16.7. The summed E-state index contributed by atoms with van der Waals surface area (Å²) in [6.45, 7) is 2.42. The van der Waals surface area contributed by atoms with Crippen LogP contribution in [0.1, 0.15) is 10.4 Å². The molecule has 0 spiro atoms. The third-order valence-corrected chi connectivity index (χ3v) is 4.74. The second kappa shape index (κ2) is 9.27. The molecule has 0 amide bonds. The summed E-state index contributed by atoms with van der Waals surface area (Å²) in [6, 6.07) is 4.85. The van der Waals surface area contributed by atoms with Crippen molar-refractivity contribution in [3.63, 3.8) is 0 Å². The van der Waals surface area contributed by atoms with E-state index in [9.17, 15) is 19.5 Å². The van der Waals surface area contributed by atoms with Gasteiger partial charge in [-0.05, 0) is 30.4 Å². The molecule has 1 aromatic rings.